The molecule has 1 fully saturated rings. The van der Waals surface area contributed by atoms with Crippen LogP contribution in [0.5, 0.6) is 5.75 Å². The summed E-state index contributed by atoms with van der Waals surface area (Å²) in [6, 6.07) is 20.4. The number of aryl methyl sites for hydroxylation is 1. The number of anilines is 4. The number of aromatic nitrogens is 2. The predicted molar refractivity (Wildman–Crippen MR) is 114 cm³/mol. The van der Waals surface area contributed by atoms with Crippen LogP contribution in [0.4, 0.5) is 23.1 Å². The summed E-state index contributed by atoms with van der Waals surface area (Å²) in [5.74, 6) is 2.41. The fourth-order valence-corrected chi connectivity index (χ4v) is 3.41. The van der Waals surface area contributed by atoms with Crippen molar-refractivity contribution < 1.29 is 4.74 Å². The molecule has 6 heteroatoms. The molecule has 1 aliphatic heterocycles. The second kappa shape index (κ2) is 8.17. The van der Waals surface area contributed by atoms with Crippen molar-refractivity contribution >= 4 is 23.1 Å². The molecular weight excluding hydrogens is 350 g/mol. The highest BCUT2D eigenvalue weighted by Gasteiger charge is 2.19. The second-order valence-electron chi connectivity index (χ2n) is 6.85. The quantitative estimate of drug-likeness (QED) is 0.731. The van der Waals surface area contributed by atoms with Gasteiger partial charge in [0.15, 0.2) is 0 Å². The Bertz CT molecular complexity index is 906. The first-order chi connectivity index (χ1) is 13.7. The highest BCUT2D eigenvalue weighted by molar-refractivity contribution is 5.57. The summed E-state index contributed by atoms with van der Waals surface area (Å²) in [5.41, 5.74) is 3.17. The summed E-state index contributed by atoms with van der Waals surface area (Å²) in [7, 11) is 1.66. The number of piperazine rings is 1. The van der Waals surface area contributed by atoms with Crippen LogP contribution in [0.3, 0.4) is 0 Å². The maximum Gasteiger partial charge on any atom is 0.229 e. The number of benzene rings is 2. The molecule has 4 rings (SSSR count). The maximum absolute atomic E-state index is 5.21. The molecule has 0 saturated carbocycles. The molecule has 0 amide bonds. The Kier molecular flexibility index (Phi) is 5.28. The van der Waals surface area contributed by atoms with E-state index in [2.05, 4.69) is 56.5 Å². The number of hydrogen-bond donors (Lipinski definition) is 1. The van der Waals surface area contributed by atoms with E-state index >= 15 is 0 Å². The van der Waals surface area contributed by atoms with E-state index in [1.165, 1.54) is 5.69 Å². The number of methoxy groups -OCH3 is 1. The van der Waals surface area contributed by atoms with Crippen molar-refractivity contribution in [3.8, 4) is 5.75 Å². The van der Waals surface area contributed by atoms with E-state index in [0.717, 1.165) is 49.1 Å². The second-order valence-corrected chi connectivity index (χ2v) is 6.85. The number of nitrogens with zero attached hydrogens (tertiary/aromatic N) is 4. The summed E-state index contributed by atoms with van der Waals surface area (Å²) in [4.78, 5) is 14.0. The van der Waals surface area contributed by atoms with Gasteiger partial charge in [-0.15, -0.1) is 0 Å². The standard InChI is InChI=1S/C22H25N5O/c1-17-16-21(25-22(23-17)24-18-8-10-20(28-2)11-9-18)27-14-12-26(13-15-27)19-6-4-3-5-7-19/h3-11,16H,12-15H2,1-2H3,(H,23,24,25). The molecule has 0 bridgehead atoms. The third-order valence-electron chi connectivity index (χ3n) is 4.91. The Hall–Kier alpha value is -3.28. The largest absolute Gasteiger partial charge is 0.497 e. The lowest BCUT2D eigenvalue weighted by Crippen LogP contribution is -2.46. The first-order valence-corrected chi connectivity index (χ1v) is 9.53. The highest BCUT2D eigenvalue weighted by Crippen LogP contribution is 2.22. The maximum atomic E-state index is 5.21. The fourth-order valence-electron chi connectivity index (χ4n) is 3.41. The molecule has 0 radical (unpaired) electrons. The first kappa shape index (κ1) is 18.1. The van der Waals surface area contributed by atoms with Crippen molar-refractivity contribution in [1.82, 2.24) is 9.97 Å². The predicted octanol–water partition coefficient (Wildman–Crippen LogP) is 3.86. The van der Waals surface area contributed by atoms with Crippen LogP contribution in [-0.2, 0) is 0 Å². The van der Waals surface area contributed by atoms with E-state index in [1.54, 1.807) is 7.11 Å². The van der Waals surface area contributed by atoms with Crippen molar-refractivity contribution in [2.45, 2.75) is 6.92 Å². The minimum atomic E-state index is 0.616. The van der Waals surface area contributed by atoms with Crippen molar-refractivity contribution in [2.24, 2.45) is 0 Å². The molecule has 2 aromatic carbocycles. The lowest BCUT2D eigenvalue weighted by Gasteiger charge is -2.36. The number of ether oxygens (including phenoxy) is 1. The third kappa shape index (κ3) is 4.17. The molecule has 0 spiro atoms. The van der Waals surface area contributed by atoms with E-state index in [0.29, 0.717) is 5.95 Å². The Morgan fingerprint density at radius 2 is 1.54 bits per heavy atom. The molecule has 1 aliphatic rings. The lowest BCUT2D eigenvalue weighted by molar-refractivity contribution is 0.415. The Morgan fingerprint density at radius 1 is 0.857 bits per heavy atom. The van der Waals surface area contributed by atoms with Crippen LogP contribution in [0.15, 0.2) is 60.7 Å². The van der Waals surface area contributed by atoms with Crippen molar-refractivity contribution in [2.75, 3.05) is 48.4 Å². The average molecular weight is 375 g/mol. The van der Waals surface area contributed by atoms with Gasteiger partial charge >= 0.3 is 0 Å². The molecular formula is C22H25N5O. The summed E-state index contributed by atoms with van der Waals surface area (Å²) >= 11 is 0. The van der Waals surface area contributed by atoms with Crippen molar-refractivity contribution in [3.05, 3.63) is 66.4 Å². The van der Waals surface area contributed by atoms with E-state index in [4.69, 9.17) is 9.72 Å². The number of hydrogen-bond acceptors (Lipinski definition) is 6. The third-order valence-corrected chi connectivity index (χ3v) is 4.91. The van der Waals surface area contributed by atoms with Gasteiger partial charge in [-0.25, -0.2) is 4.98 Å². The van der Waals surface area contributed by atoms with Crippen LogP contribution < -0.4 is 19.9 Å². The SMILES string of the molecule is COc1ccc(Nc2nc(C)cc(N3CCN(c4ccccc4)CC3)n2)cc1. The Labute approximate surface area is 165 Å². The number of para-hydroxylation sites is 1. The monoisotopic (exact) mass is 375 g/mol. The van der Waals surface area contributed by atoms with Gasteiger partial charge in [-0.2, -0.15) is 4.98 Å². The molecule has 144 valence electrons. The van der Waals surface area contributed by atoms with Gasteiger partial charge < -0.3 is 19.9 Å². The molecule has 0 atom stereocenters. The smallest absolute Gasteiger partial charge is 0.229 e. The van der Waals surface area contributed by atoms with Crippen LogP contribution in [0.25, 0.3) is 0 Å². The zero-order chi connectivity index (χ0) is 19.3. The van der Waals surface area contributed by atoms with Crippen LogP contribution in [0.1, 0.15) is 5.69 Å². The lowest BCUT2D eigenvalue weighted by atomic mass is 10.2. The number of rotatable bonds is 5. The summed E-state index contributed by atoms with van der Waals surface area (Å²) < 4.78 is 5.21. The van der Waals surface area contributed by atoms with E-state index in [9.17, 15) is 0 Å². The molecule has 1 saturated heterocycles. The van der Waals surface area contributed by atoms with Gasteiger partial charge in [0.25, 0.3) is 0 Å². The van der Waals surface area contributed by atoms with E-state index in [-0.39, 0.29) is 0 Å². The normalized spacial score (nSPS) is 14.1. The molecule has 2 heterocycles. The van der Waals surface area contributed by atoms with Gasteiger partial charge in [0.05, 0.1) is 7.11 Å². The Balaban J connectivity index is 1.45. The topological polar surface area (TPSA) is 53.5 Å². The summed E-state index contributed by atoms with van der Waals surface area (Å²) in [6.45, 7) is 5.84. The molecule has 0 aliphatic carbocycles. The minimum Gasteiger partial charge on any atom is -0.497 e. The first-order valence-electron chi connectivity index (χ1n) is 9.53. The van der Waals surface area contributed by atoms with Gasteiger partial charge in [-0.05, 0) is 43.3 Å². The van der Waals surface area contributed by atoms with E-state index in [1.807, 2.05) is 31.2 Å². The summed E-state index contributed by atoms with van der Waals surface area (Å²) in [5, 5.41) is 3.30. The van der Waals surface area contributed by atoms with Crippen LogP contribution >= 0.6 is 0 Å². The number of nitrogens with one attached hydrogen (secondary N) is 1. The van der Waals surface area contributed by atoms with Crippen LogP contribution in [0.2, 0.25) is 0 Å². The van der Waals surface area contributed by atoms with Gasteiger partial charge in [0.2, 0.25) is 5.95 Å². The fraction of sp³-hybridized carbons (Fsp3) is 0.273. The summed E-state index contributed by atoms with van der Waals surface area (Å²) in [6.07, 6.45) is 0. The van der Waals surface area contributed by atoms with Crippen LogP contribution in [-0.4, -0.2) is 43.3 Å². The molecule has 1 N–H and O–H groups in total. The van der Waals surface area contributed by atoms with Gasteiger partial charge in [0, 0.05) is 49.3 Å². The van der Waals surface area contributed by atoms with Gasteiger partial charge in [0.1, 0.15) is 11.6 Å². The van der Waals surface area contributed by atoms with Crippen molar-refractivity contribution in [1.29, 1.82) is 0 Å². The zero-order valence-electron chi connectivity index (χ0n) is 16.3. The highest BCUT2D eigenvalue weighted by atomic mass is 16.5. The van der Waals surface area contributed by atoms with E-state index < -0.39 is 0 Å². The van der Waals surface area contributed by atoms with Crippen LogP contribution in [0, 0.1) is 6.92 Å². The molecule has 28 heavy (non-hydrogen) atoms. The van der Waals surface area contributed by atoms with Gasteiger partial charge in [-0.1, -0.05) is 18.2 Å². The Morgan fingerprint density at radius 3 is 2.21 bits per heavy atom. The molecule has 0 unspecified atom stereocenters. The van der Waals surface area contributed by atoms with Gasteiger partial charge in [-0.3, -0.25) is 0 Å². The zero-order valence-corrected chi connectivity index (χ0v) is 16.3. The average Bonchev–Trinajstić information content (AvgIpc) is 2.75. The van der Waals surface area contributed by atoms with Crippen molar-refractivity contribution in [3.63, 3.8) is 0 Å². The minimum absolute atomic E-state index is 0.616. The molecule has 3 aromatic rings. The molecule has 1 aromatic heterocycles. The molecule has 6 nitrogen and oxygen atoms in total.